The van der Waals surface area contributed by atoms with E-state index in [0.29, 0.717) is 6.42 Å². The fourth-order valence-electron chi connectivity index (χ4n) is 0.481. The molecule has 0 heterocycles. The van der Waals surface area contributed by atoms with Gasteiger partial charge < -0.3 is 9.92 Å². The third-order valence-corrected chi connectivity index (χ3v) is 2.12. The summed E-state index contributed by atoms with van der Waals surface area (Å²) in [6.45, 7) is 1.31. The maximum atomic E-state index is 10.7. The zero-order valence-electron chi connectivity index (χ0n) is 6.95. The summed E-state index contributed by atoms with van der Waals surface area (Å²) in [6.07, 6.45) is 0.301. The van der Waals surface area contributed by atoms with Gasteiger partial charge in [0.25, 0.3) is 0 Å². The molecule has 0 atom stereocenters. The maximum Gasteiger partial charge on any atom is 0.319 e. The standard InChI is InChI=1S/C5H11NO4S.Ca/c1-5(7)10-11(8,9)4-2-3-6;/h2-4,6H2,1H3;. The third-order valence-electron chi connectivity index (χ3n) is 0.843. The van der Waals surface area contributed by atoms with Crippen LogP contribution < -0.4 is 5.73 Å². The van der Waals surface area contributed by atoms with Crippen molar-refractivity contribution in [1.29, 1.82) is 0 Å². The van der Waals surface area contributed by atoms with Crippen LogP contribution in [-0.4, -0.2) is 64.4 Å². The Hall–Kier alpha value is 0.640. The molecular weight excluding hydrogens is 210 g/mol. The quantitative estimate of drug-likeness (QED) is 0.478. The number of nitrogens with two attached hydrogens (primary N) is 1. The Morgan fingerprint density at radius 1 is 1.50 bits per heavy atom. The van der Waals surface area contributed by atoms with E-state index >= 15 is 0 Å². The minimum Gasteiger partial charge on any atom is -0.346 e. The number of rotatable bonds is 4. The van der Waals surface area contributed by atoms with Crippen molar-refractivity contribution in [3.05, 3.63) is 0 Å². The topological polar surface area (TPSA) is 86.5 Å². The first-order valence-electron chi connectivity index (χ1n) is 3.11. The molecule has 5 nitrogen and oxygen atoms in total. The van der Waals surface area contributed by atoms with Gasteiger partial charge in [-0.15, -0.1) is 0 Å². The van der Waals surface area contributed by atoms with E-state index in [0.717, 1.165) is 6.92 Å². The second kappa shape index (κ2) is 7.08. The maximum absolute atomic E-state index is 10.7. The largest absolute Gasteiger partial charge is 0.346 e. The van der Waals surface area contributed by atoms with E-state index in [9.17, 15) is 13.2 Å². The van der Waals surface area contributed by atoms with Gasteiger partial charge in [0.05, 0.1) is 5.75 Å². The summed E-state index contributed by atoms with van der Waals surface area (Å²) >= 11 is 0. The molecule has 0 aromatic rings. The first-order chi connectivity index (χ1) is 4.98. The molecule has 0 aliphatic rings. The van der Waals surface area contributed by atoms with Crippen molar-refractivity contribution in [1.82, 2.24) is 0 Å². The average molecular weight is 221 g/mol. The molecule has 0 saturated heterocycles. The Morgan fingerprint density at radius 2 is 2.00 bits per heavy atom. The van der Waals surface area contributed by atoms with E-state index in [1.165, 1.54) is 0 Å². The van der Waals surface area contributed by atoms with Crippen LogP contribution in [0.4, 0.5) is 0 Å². The molecule has 0 aromatic heterocycles. The van der Waals surface area contributed by atoms with E-state index in [2.05, 4.69) is 4.18 Å². The van der Waals surface area contributed by atoms with Crippen molar-refractivity contribution < 1.29 is 17.4 Å². The summed E-state index contributed by atoms with van der Waals surface area (Å²) < 4.78 is 25.4. The van der Waals surface area contributed by atoms with Crippen molar-refractivity contribution in [2.45, 2.75) is 13.3 Å². The third kappa shape index (κ3) is 8.73. The van der Waals surface area contributed by atoms with Crippen molar-refractivity contribution in [2.75, 3.05) is 12.3 Å². The first kappa shape index (κ1) is 15.1. The zero-order valence-corrected chi connectivity index (χ0v) is 9.97. The van der Waals surface area contributed by atoms with Gasteiger partial charge in [0.2, 0.25) is 0 Å². The molecule has 2 N–H and O–H groups in total. The van der Waals surface area contributed by atoms with Crippen molar-refractivity contribution >= 4 is 53.8 Å². The summed E-state index contributed by atoms with van der Waals surface area (Å²) in [5.74, 6) is -1.02. The predicted octanol–water partition coefficient (Wildman–Crippen LogP) is -1.15. The number of hydrogen-bond acceptors (Lipinski definition) is 5. The van der Waals surface area contributed by atoms with Crippen LogP contribution in [0.25, 0.3) is 0 Å². The van der Waals surface area contributed by atoms with E-state index < -0.39 is 16.1 Å². The van der Waals surface area contributed by atoms with Gasteiger partial charge in [-0.2, -0.15) is 8.42 Å². The number of carbonyl (C=O) groups excluding carboxylic acids is 1. The molecule has 0 aliphatic carbocycles. The van der Waals surface area contributed by atoms with Gasteiger partial charge in [0, 0.05) is 44.7 Å². The Morgan fingerprint density at radius 3 is 2.33 bits per heavy atom. The fourth-order valence-corrected chi connectivity index (χ4v) is 1.44. The molecule has 0 rings (SSSR count). The average Bonchev–Trinajstić information content (AvgIpc) is 1.81. The molecule has 7 heteroatoms. The van der Waals surface area contributed by atoms with Crippen LogP contribution in [0, 0.1) is 0 Å². The second-order valence-electron chi connectivity index (χ2n) is 1.98. The summed E-state index contributed by atoms with van der Waals surface area (Å²) in [5, 5.41) is 0. The summed E-state index contributed by atoms with van der Waals surface area (Å²) in [4.78, 5) is 10.2. The van der Waals surface area contributed by atoms with E-state index in [4.69, 9.17) is 5.73 Å². The van der Waals surface area contributed by atoms with Crippen LogP contribution in [0.3, 0.4) is 0 Å². The van der Waals surface area contributed by atoms with Crippen LogP contribution in [0.15, 0.2) is 0 Å². The fraction of sp³-hybridized carbons (Fsp3) is 0.800. The minimum absolute atomic E-state index is 0. The monoisotopic (exact) mass is 221 g/mol. The van der Waals surface area contributed by atoms with Crippen LogP contribution >= 0.6 is 0 Å². The smallest absolute Gasteiger partial charge is 0.319 e. The zero-order chi connectivity index (χ0) is 8.91. The molecule has 0 spiro atoms. The Balaban J connectivity index is 0. The van der Waals surface area contributed by atoms with Crippen LogP contribution in [0.1, 0.15) is 13.3 Å². The molecule has 2 radical (unpaired) electrons. The summed E-state index contributed by atoms with van der Waals surface area (Å²) in [5.41, 5.74) is 5.06. The van der Waals surface area contributed by atoms with Gasteiger partial charge in [0.15, 0.2) is 0 Å². The van der Waals surface area contributed by atoms with Crippen molar-refractivity contribution in [3.63, 3.8) is 0 Å². The van der Waals surface area contributed by atoms with Crippen molar-refractivity contribution in [3.8, 4) is 0 Å². The van der Waals surface area contributed by atoms with Crippen molar-refractivity contribution in [2.24, 2.45) is 5.73 Å². The molecule has 0 fully saturated rings. The molecule has 68 valence electrons. The van der Waals surface area contributed by atoms with Gasteiger partial charge in [-0.25, -0.2) is 0 Å². The van der Waals surface area contributed by atoms with E-state index in [-0.39, 0.29) is 50.0 Å². The Bertz CT molecular complexity index is 226. The van der Waals surface area contributed by atoms with E-state index in [1.807, 2.05) is 0 Å². The molecule has 0 unspecified atom stereocenters. The van der Waals surface area contributed by atoms with Crippen LogP contribution in [0.2, 0.25) is 0 Å². The van der Waals surface area contributed by atoms with Crippen LogP contribution in [-0.2, 0) is 19.1 Å². The molecular formula is C5H11CaNO4S. The second-order valence-corrected chi connectivity index (χ2v) is 3.67. The molecule has 0 saturated carbocycles. The first-order valence-corrected chi connectivity index (χ1v) is 4.68. The van der Waals surface area contributed by atoms with Gasteiger partial charge in [-0.05, 0) is 13.0 Å². The Labute approximate surface area is 102 Å². The van der Waals surface area contributed by atoms with Gasteiger partial charge >= 0.3 is 16.1 Å². The molecule has 0 aliphatic heterocycles. The predicted molar refractivity (Wildman–Crippen MR) is 45.0 cm³/mol. The molecule has 0 bridgehead atoms. The summed E-state index contributed by atoms with van der Waals surface area (Å²) in [6, 6.07) is 0. The van der Waals surface area contributed by atoms with Gasteiger partial charge in [-0.1, -0.05) is 0 Å². The minimum atomic E-state index is -3.67. The van der Waals surface area contributed by atoms with Gasteiger partial charge in [0.1, 0.15) is 0 Å². The van der Waals surface area contributed by atoms with Crippen LogP contribution in [0.5, 0.6) is 0 Å². The number of carbonyl (C=O) groups is 1. The molecule has 0 amide bonds. The SMILES string of the molecule is CC(=O)OS(=O)(=O)CCCN.[Ca]. The molecule has 0 aromatic carbocycles. The Kier molecular flexibility index (Phi) is 8.93. The van der Waals surface area contributed by atoms with E-state index in [1.54, 1.807) is 0 Å². The van der Waals surface area contributed by atoms with Gasteiger partial charge in [-0.3, -0.25) is 4.79 Å². The number of hydrogen-bond donors (Lipinski definition) is 1. The normalized spacial score (nSPS) is 10.2. The summed E-state index contributed by atoms with van der Waals surface area (Å²) in [7, 11) is -3.67. The molecule has 12 heavy (non-hydrogen) atoms.